The second-order valence-electron chi connectivity index (χ2n) is 4.32. The molecule has 92 valence electrons. The number of hydrogen-bond donors (Lipinski definition) is 2. The Labute approximate surface area is 104 Å². The third-order valence-corrected chi connectivity index (χ3v) is 3.50. The number of aliphatic carboxylic acids is 1. The van der Waals surface area contributed by atoms with E-state index < -0.39 is 11.4 Å². The second-order valence-corrected chi connectivity index (χ2v) is 4.73. The number of phenolic OH excluding ortho intramolecular Hbond substituents is 1. The van der Waals surface area contributed by atoms with Crippen LogP contribution >= 0.6 is 11.6 Å². The van der Waals surface area contributed by atoms with Crippen molar-refractivity contribution in [3.05, 3.63) is 22.7 Å². The molecule has 17 heavy (non-hydrogen) atoms. The lowest BCUT2D eigenvalue weighted by Gasteiger charge is -2.18. The number of hydrogen-bond acceptors (Lipinski definition) is 3. The van der Waals surface area contributed by atoms with E-state index in [1.807, 2.05) is 0 Å². The summed E-state index contributed by atoms with van der Waals surface area (Å²) in [6, 6.07) is 3.19. The van der Waals surface area contributed by atoms with Crippen LogP contribution in [0.5, 0.6) is 11.5 Å². The second kappa shape index (κ2) is 4.11. The fraction of sp³-hybridized carbons (Fsp3) is 0.417. The van der Waals surface area contributed by atoms with Crippen LogP contribution in [0.1, 0.15) is 24.8 Å². The van der Waals surface area contributed by atoms with Gasteiger partial charge in [0.25, 0.3) is 0 Å². The predicted octanol–water partition coefficient (Wildman–Crippen LogP) is 2.56. The summed E-state index contributed by atoms with van der Waals surface area (Å²) < 4.78 is 5.01. The van der Waals surface area contributed by atoms with Crippen LogP contribution in [0.3, 0.4) is 0 Å². The van der Waals surface area contributed by atoms with Gasteiger partial charge >= 0.3 is 5.97 Å². The molecule has 0 aliphatic heterocycles. The maximum absolute atomic E-state index is 10.8. The van der Waals surface area contributed by atoms with E-state index in [9.17, 15) is 9.90 Å². The van der Waals surface area contributed by atoms with Gasteiger partial charge in [-0.3, -0.25) is 4.79 Å². The van der Waals surface area contributed by atoms with Crippen molar-refractivity contribution >= 4 is 17.6 Å². The van der Waals surface area contributed by atoms with Crippen molar-refractivity contribution < 1.29 is 19.7 Å². The summed E-state index contributed by atoms with van der Waals surface area (Å²) in [5, 5.41) is 19.3. The van der Waals surface area contributed by atoms with Crippen molar-refractivity contribution in [2.24, 2.45) is 0 Å². The Morgan fingerprint density at radius 2 is 2.18 bits per heavy atom. The third kappa shape index (κ3) is 2.05. The van der Waals surface area contributed by atoms with E-state index in [0.717, 1.165) is 12.8 Å². The smallest absolute Gasteiger partial charge is 0.304 e. The zero-order valence-corrected chi connectivity index (χ0v) is 10.1. The largest absolute Gasteiger partial charge is 0.504 e. The lowest BCUT2D eigenvalue weighted by atomic mass is 9.91. The predicted molar refractivity (Wildman–Crippen MR) is 62.8 cm³/mol. The number of ether oxygens (including phenoxy) is 1. The average Bonchev–Trinajstić information content (AvgIpc) is 2.97. The van der Waals surface area contributed by atoms with E-state index in [-0.39, 0.29) is 12.2 Å². The molecule has 0 unspecified atom stereocenters. The van der Waals surface area contributed by atoms with Gasteiger partial charge in [0.05, 0.1) is 13.5 Å². The molecule has 0 aromatic heterocycles. The van der Waals surface area contributed by atoms with Crippen LogP contribution in [0.4, 0.5) is 0 Å². The number of halogens is 1. The van der Waals surface area contributed by atoms with Crippen molar-refractivity contribution in [2.45, 2.75) is 24.7 Å². The average molecular weight is 257 g/mol. The fourth-order valence-electron chi connectivity index (χ4n) is 2.17. The summed E-state index contributed by atoms with van der Waals surface area (Å²) in [5.41, 5.74) is -0.0254. The minimum atomic E-state index is -0.888. The van der Waals surface area contributed by atoms with Gasteiger partial charge in [0, 0.05) is 16.0 Å². The SMILES string of the molecule is COc1ccc(Cl)c(C2(CC(=O)O)CC2)c1O. The molecule has 0 heterocycles. The standard InChI is InChI=1S/C12H13ClO4/c1-17-8-3-2-7(13)10(11(8)16)12(4-5-12)6-9(14)15/h2-3,16H,4-6H2,1H3,(H,14,15). The normalized spacial score (nSPS) is 16.6. The summed E-state index contributed by atoms with van der Waals surface area (Å²) in [5.74, 6) is -0.611. The van der Waals surface area contributed by atoms with Gasteiger partial charge in [-0.15, -0.1) is 0 Å². The highest BCUT2D eigenvalue weighted by Crippen LogP contribution is 2.57. The molecule has 0 saturated heterocycles. The van der Waals surface area contributed by atoms with Gasteiger partial charge in [0.1, 0.15) is 0 Å². The van der Waals surface area contributed by atoms with E-state index in [1.54, 1.807) is 12.1 Å². The number of carbonyl (C=O) groups is 1. The Morgan fingerprint density at radius 1 is 1.53 bits per heavy atom. The van der Waals surface area contributed by atoms with Crippen LogP contribution in [-0.4, -0.2) is 23.3 Å². The molecule has 4 nitrogen and oxygen atoms in total. The number of methoxy groups -OCH3 is 1. The monoisotopic (exact) mass is 256 g/mol. The lowest BCUT2D eigenvalue weighted by Crippen LogP contribution is -2.14. The van der Waals surface area contributed by atoms with Crippen molar-refractivity contribution in [3.8, 4) is 11.5 Å². The molecule has 0 atom stereocenters. The van der Waals surface area contributed by atoms with Crippen LogP contribution in [0.2, 0.25) is 5.02 Å². The van der Waals surface area contributed by atoms with Gasteiger partial charge in [0.15, 0.2) is 11.5 Å². The van der Waals surface area contributed by atoms with Gasteiger partial charge in [-0.2, -0.15) is 0 Å². The Morgan fingerprint density at radius 3 is 2.65 bits per heavy atom. The highest BCUT2D eigenvalue weighted by Gasteiger charge is 2.49. The lowest BCUT2D eigenvalue weighted by molar-refractivity contribution is -0.137. The van der Waals surface area contributed by atoms with E-state index in [0.29, 0.717) is 16.3 Å². The molecule has 0 bridgehead atoms. The molecule has 1 aliphatic rings. The molecule has 2 N–H and O–H groups in total. The molecule has 1 saturated carbocycles. The summed E-state index contributed by atoms with van der Waals surface area (Å²) in [6.45, 7) is 0. The number of aromatic hydroxyl groups is 1. The van der Waals surface area contributed by atoms with E-state index in [1.165, 1.54) is 7.11 Å². The zero-order chi connectivity index (χ0) is 12.6. The van der Waals surface area contributed by atoms with Gasteiger partial charge in [0.2, 0.25) is 0 Å². The van der Waals surface area contributed by atoms with Gasteiger partial charge in [-0.1, -0.05) is 11.6 Å². The molecule has 0 spiro atoms. The van der Waals surface area contributed by atoms with Crippen molar-refractivity contribution in [1.82, 2.24) is 0 Å². The Balaban J connectivity index is 2.48. The summed E-state index contributed by atoms with van der Waals surface area (Å²) in [6.07, 6.45) is 1.42. The molecule has 0 amide bonds. The van der Waals surface area contributed by atoms with E-state index in [2.05, 4.69) is 0 Å². The molecular weight excluding hydrogens is 244 g/mol. The van der Waals surface area contributed by atoms with Crippen LogP contribution in [0.25, 0.3) is 0 Å². The molecule has 1 fully saturated rings. The maximum atomic E-state index is 10.8. The number of carboxylic acids is 1. The van der Waals surface area contributed by atoms with Gasteiger partial charge in [-0.05, 0) is 25.0 Å². The van der Waals surface area contributed by atoms with Crippen molar-refractivity contribution in [3.63, 3.8) is 0 Å². The van der Waals surface area contributed by atoms with Gasteiger partial charge in [-0.25, -0.2) is 0 Å². The quantitative estimate of drug-likeness (QED) is 0.869. The first kappa shape index (κ1) is 12.0. The molecule has 1 aromatic rings. The molecule has 1 aliphatic carbocycles. The summed E-state index contributed by atoms with van der Waals surface area (Å²) in [4.78, 5) is 10.8. The van der Waals surface area contributed by atoms with E-state index in [4.69, 9.17) is 21.4 Å². The topological polar surface area (TPSA) is 66.8 Å². The third-order valence-electron chi connectivity index (χ3n) is 3.18. The number of carboxylic acid groups (broad SMARTS) is 1. The fourth-order valence-corrected chi connectivity index (χ4v) is 2.53. The number of rotatable bonds is 4. The minimum absolute atomic E-state index is 0.0204. The van der Waals surface area contributed by atoms with Crippen LogP contribution < -0.4 is 4.74 Å². The minimum Gasteiger partial charge on any atom is -0.504 e. The summed E-state index contributed by atoms with van der Waals surface area (Å²) in [7, 11) is 1.45. The maximum Gasteiger partial charge on any atom is 0.304 e. The molecule has 2 rings (SSSR count). The van der Waals surface area contributed by atoms with E-state index >= 15 is 0 Å². The highest BCUT2D eigenvalue weighted by molar-refractivity contribution is 6.31. The Hall–Kier alpha value is -1.42. The molecule has 1 aromatic carbocycles. The van der Waals surface area contributed by atoms with Crippen LogP contribution in [0, 0.1) is 0 Å². The van der Waals surface area contributed by atoms with Crippen molar-refractivity contribution in [1.29, 1.82) is 0 Å². The number of phenols is 1. The first-order valence-corrected chi connectivity index (χ1v) is 5.66. The molecular formula is C12H13ClO4. The number of benzene rings is 1. The first-order chi connectivity index (χ1) is 8.00. The van der Waals surface area contributed by atoms with Crippen LogP contribution in [-0.2, 0) is 10.2 Å². The molecule has 5 heteroatoms. The Bertz CT molecular complexity index is 466. The first-order valence-electron chi connectivity index (χ1n) is 5.28. The van der Waals surface area contributed by atoms with Crippen LogP contribution in [0.15, 0.2) is 12.1 Å². The zero-order valence-electron chi connectivity index (χ0n) is 9.36. The van der Waals surface area contributed by atoms with Gasteiger partial charge < -0.3 is 14.9 Å². The van der Waals surface area contributed by atoms with Crippen molar-refractivity contribution in [2.75, 3.05) is 7.11 Å². The Kier molecular flexibility index (Phi) is 2.91. The summed E-state index contributed by atoms with van der Waals surface area (Å²) >= 11 is 6.06. The molecule has 0 radical (unpaired) electrons. The highest BCUT2D eigenvalue weighted by atomic mass is 35.5.